The number of aromatic nitrogens is 4. The summed E-state index contributed by atoms with van der Waals surface area (Å²) in [5.41, 5.74) is 3.32. The molecule has 0 saturated carbocycles. The number of halogens is 1. The summed E-state index contributed by atoms with van der Waals surface area (Å²) in [5, 5.41) is 5.38. The van der Waals surface area contributed by atoms with Crippen LogP contribution in [0.15, 0.2) is 42.7 Å². The van der Waals surface area contributed by atoms with Crippen molar-refractivity contribution < 1.29 is 0 Å². The van der Waals surface area contributed by atoms with Crippen LogP contribution in [0.3, 0.4) is 0 Å². The number of imidazole rings is 1. The fraction of sp³-hybridized carbons (Fsp3) is 0.333. The molecule has 1 aliphatic rings. The molecule has 1 aliphatic heterocycles. The molecule has 1 aromatic carbocycles. The molecule has 4 rings (SSSR count). The first kappa shape index (κ1) is 15.4. The molecule has 0 atom stereocenters. The predicted octanol–water partition coefficient (Wildman–Crippen LogP) is 3.11. The molecule has 24 heavy (non-hydrogen) atoms. The van der Waals surface area contributed by atoms with Crippen LogP contribution in [0.2, 0.25) is 5.15 Å². The smallest absolute Gasteiger partial charge is 0.132 e. The molecular weight excluding hydrogens is 322 g/mol. The lowest BCUT2D eigenvalue weighted by atomic mass is 10.2. The van der Waals surface area contributed by atoms with Crippen molar-refractivity contribution in [1.29, 1.82) is 0 Å². The third-order valence-corrected chi connectivity index (χ3v) is 4.99. The molecule has 3 heterocycles. The van der Waals surface area contributed by atoms with Crippen molar-refractivity contribution in [1.82, 2.24) is 24.2 Å². The zero-order valence-corrected chi connectivity index (χ0v) is 14.4. The Kier molecular flexibility index (Phi) is 4.12. The lowest BCUT2D eigenvalue weighted by Crippen LogP contribution is -2.33. The summed E-state index contributed by atoms with van der Waals surface area (Å²) in [6, 6.07) is 10.3. The van der Waals surface area contributed by atoms with Gasteiger partial charge in [-0.15, -0.1) is 0 Å². The van der Waals surface area contributed by atoms with Gasteiger partial charge in [-0.3, -0.25) is 4.90 Å². The molecule has 0 unspecified atom stereocenters. The van der Waals surface area contributed by atoms with Crippen LogP contribution in [-0.2, 0) is 26.2 Å². The van der Waals surface area contributed by atoms with E-state index in [0.717, 1.165) is 48.4 Å². The maximum Gasteiger partial charge on any atom is 0.132 e. The molecule has 0 aliphatic carbocycles. The second kappa shape index (κ2) is 6.42. The lowest BCUT2D eigenvalue weighted by Gasteiger charge is -2.27. The lowest BCUT2D eigenvalue weighted by molar-refractivity contribution is 0.208. The number of hydrogen-bond donors (Lipinski definition) is 0. The first-order valence-corrected chi connectivity index (χ1v) is 8.56. The van der Waals surface area contributed by atoms with Crippen molar-refractivity contribution in [3.05, 3.63) is 70.5 Å². The summed E-state index contributed by atoms with van der Waals surface area (Å²) in [5.74, 6) is 1.12. The summed E-state index contributed by atoms with van der Waals surface area (Å²) in [4.78, 5) is 6.80. The Morgan fingerprint density at radius 1 is 1.12 bits per heavy atom. The molecule has 0 radical (unpaired) electrons. The Labute approximate surface area is 146 Å². The Balaban J connectivity index is 1.52. The van der Waals surface area contributed by atoms with Crippen LogP contribution in [0.4, 0.5) is 0 Å². The topological polar surface area (TPSA) is 38.9 Å². The minimum atomic E-state index is 0.699. The molecule has 0 N–H and O–H groups in total. The van der Waals surface area contributed by atoms with E-state index in [4.69, 9.17) is 11.6 Å². The summed E-state index contributed by atoms with van der Waals surface area (Å²) >= 11 is 6.63. The Bertz CT molecular complexity index is 836. The van der Waals surface area contributed by atoms with Gasteiger partial charge >= 0.3 is 0 Å². The molecule has 0 bridgehead atoms. The zero-order chi connectivity index (χ0) is 16.5. The van der Waals surface area contributed by atoms with Crippen molar-refractivity contribution in [3.8, 4) is 0 Å². The van der Waals surface area contributed by atoms with Crippen molar-refractivity contribution in [2.24, 2.45) is 0 Å². The van der Waals surface area contributed by atoms with Gasteiger partial charge < -0.3 is 4.57 Å². The molecule has 0 fully saturated rings. The number of nitrogens with zero attached hydrogens (tertiary/aromatic N) is 5. The molecule has 5 nitrogen and oxygen atoms in total. The third kappa shape index (κ3) is 2.97. The second-order valence-corrected chi connectivity index (χ2v) is 6.60. The fourth-order valence-electron chi connectivity index (χ4n) is 3.21. The quantitative estimate of drug-likeness (QED) is 0.732. The number of benzene rings is 1. The SMILES string of the molecule is Cc1nn(Cc2ccccc2)c(Cl)c1CN1CCn2ccnc2C1. The molecule has 2 aromatic heterocycles. The third-order valence-electron chi connectivity index (χ3n) is 4.56. The maximum absolute atomic E-state index is 6.63. The number of hydrogen-bond acceptors (Lipinski definition) is 3. The van der Waals surface area contributed by atoms with E-state index >= 15 is 0 Å². The van der Waals surface area contributed by atoms with Crippen LogP contribution in [-0.4, -0.2) is 30.8 Å². The van der Waals surface area contributed by atoms with Gasteiger partial charge in [0.2, 0.25) is 0 Å². The first-order valence-electron chi connectivity index (χ1n) is 8.19. The molecule has 0 saturated heterocycles. The van der Waals surface area contributed by atoms with Gasteiger partial charge in [0.05, 0.1) is 18.8 Å². The van der Waals surface area contributed by atoms with Gasteiger partial charge in [-0.2, -0.15) is 5.10 Å². The highest BCUT2D eigenvalue weighted by Crippen LogP contribution is 2.24. The van der Waals surface area contributed by atoms with Crippen LogP contribution >= 0.6 is 11.6 Å². The standard InChI is InChI=1S/C18H20ClN5/c1-14-16(12-22-9-10-23-8-7-20-17(23)13-22)18(19)24(21-14)11-15-5-3-2-4-6-15/h2-8H,9-13H2,1H3. The van der Waals surface area contributed by atoms with Gasteiger partial charge in [0.15, 0.2) is 0 Å². The minimum absolute atomic E-state index is 0.699. The van der Waals surface area contributed by atoms with Crippen LogP contribution in [0.25, 0.3) is 0 Å². The average Bonchev–Trinajstić information content (AvgIpc) is 3.16. The van der Waals surface area contributed by atoms with Crippen molar-refractivity contribution >= 4 is 11.6 Å². The van der Waals surface area contributed by atoms with Crippen LogP contribution in [0, 0.1) is 6.92 Å². The average molecular weight is 342 g/mol. The Morgan fingerprint density at radius 3 is 2.79 bits per heavy atom. The van der Waals surface area contributed by atoms with E-state index in [9.17, 15) is 0 Å². The van der Waals surface area contributed by atoms with E-state index in [2.05, 4.69) is 31.7 Å². The minimum Gasteiger partial charge on any atom is -0.333 e. The largest absolute Gasteiger partial charge is 0.333 e. The van der Waals surface area contributed by atoms with Crippen LogP contribution < -0.4 is 0 Å². The van der Waals surface area contributed by atoms with Gasteiger partial charge in [-0.25, -0.2) is 9.67 Å². The highest BCUT2D eigenvalue weighted by atomic mass is 35.5. The highest BCUT2D eigenvalue weighted by Gasteiger charge is 2.21. The first-order chi connectivity index (χ1) is 11.7. The van der Waals surface area contributed by atoms with E-state index < -0.39 is 0 Å². The molecule has 3 aromatic rings. The van der Waals surface area contributed by atoms with E-state index in [1.165, 1.54) is 5.56 Å². The number of aryl methyl sites for hydroxylation is 1. The Hall–Kier alpha value is -2.11. The van der Waals surface area contributed by atoms with Crippen molar-refractivity contribution in [2.75, 3.05) is 6.54 Å². The van der Waals surface area contributed by atoms with Crippen molar-refractivity contribution in [2.45, 2.75) is 33.1 Å². The monoisotopic (exact) mass is 341 g/mol. The summed E-state index contributed by atoms with van der Waals surface area (Å²) in [6.07, 6.45) is 3.91. The Morgan fingerprint density at radius 2 is 1.96 bits per heavy atom. The maximum atomic E-state index is 6.63. The number of rotatable bonds is 4. The highest BCUT2D eigenvalue weighted by molar-refractivity contribution is 6.30. The zero-order valence-electron chi connectivity index (χ0n) is 13.7. The molecule has 0 amide bonds. The van der Waals surface area contributed by atoms with Gasteiger partial charge in [0.1, 0.15) is 11.0 Å². The van der Waals surface area contributed by atoms with E-state index in [-0.39, 0.29) is 0 Å². The van der Waals surface area contributed by atoms with Gasteiger partial charge in [-0.05, 0) is 12.5 Å². The predicted molar refractivity (Wildman–Crippen MR) is 93.9 cm³/mol. The van der Waals surface area contributed by atoms with Gasteiger partial charge in [0, 0.05) is 37.6 Å². The second-order valence-electron chi connectivity index (χ2n) is 6.25. The van der Waals surface area contributed by atoms with Crippen molar-refractivity contribution in [3.63, 3.8) is 0 Å². The molecular formula is C18H20ClN5. The summed E-state index contributed by atoms with van der Waals surface area (Å²) in [7, 11) is 0. The molecule has 124 valence electrons. The summed E-state index contributed by atoms with van der Waals surface area (Å²) < 4.78 is 4.11. The van der Waals surface area contributed by atoms with Gasteiger partial charge in [0.25, 0.3) is 0 Å². The van der Waals surface area contributed by atoms with E-state index in [1.54, 1.807) is 0 Å². The normalized spacial score (nSPS) is 14.8. The number of fused-ring (bicyclic) bond motifs is 1. The molecule has 6 heteroatoms. The van der Waals surface area contributed by atoms with E-state index in [0.29, 0.717) is 6.54 Å². The van der Waals surface area contributed by atoms with Gasteiger partial charge in [-0.1, -0.05) is 41.9 Å². The van der Waals surface area contributed by atoms with Crippen LogP contribution in [0.1, 0.15) is 22.6 Å². The summed E-state index contributed by atoms with van der Waals surface area (Å²) in [6.45, 7) is 6.38. The fourth-order valence-corrected chi connectivity index (χ4v) is 3.51. The molecule has 0 spiro atoms. The van der Waals surface area contributed by atoms with E-state index in [1.807, 2.05) is 42.2 Å². The van der Waals surface area contributed by atoms with Crippen LogP contribution in [0.5, 0.6) is 0 Å².